The number of allylic oxidation sites excluding steroid dienone is 4. The second-order valence-corrected chi connectivity index (χ2v) is 15.2. The molecule has 1 N–H and O–H groups in total. The van der Waals surface area contributed by atoms with Crippen molar-refractivity contribution < 1.29 is 19.4 Å². The van der Waals surface area contributed by atoms with Gasteiger partial charge in [-0.1, -0.05) is 154 Å². The Morgan fingerprint density at radius 2 is 0.885 bits per heavy atom. The molecular formula is C46H90N2O4. The van der Waals surface area contributed by atoms with Crippen LogP contribution in [0.5, 0.6) is 0 Å². The fourth-order valence-corrected chi connectivity index (χ4v) is 6.73. The number of aliphatic hydroxyl groups excluding tert-OH is 1. The van der Waals surface area contributed by atoms with Crippen LogP contribution in [0.25, 0.3) is 0 Å². The summed E-state index contributed by atoms with van der Waals surface area (Å²) in [7, 11) is 0. The molecule has 0 aromatic heterocycles. The van der Waals surface area contributed by atoms with Gasteiger partial charge in [-0.2, -0.15) is 0 Å². The molecule has 0 aromatic rings. The molecule has 0 radical (unpaired) electrons. The highest BCUT2D eigenvalue weighted by molar-refractivity contribution is 5.69. The molecule has 0 saturated carbocycles. The predicted molar refractivity (Wildman–Crippen MR) is 226 cm³/mol. The van der Waals surface area contributed by atoms with Crippen LogP contribution in [0.1, 0.15) is 201 Å². The van der Waals surface area contributed by atoms with Crippen molar-refractivity contribution in [2.45, 2.75) is 201 Å². The van der Waals surface area contributed by atoms with Gasteiger partial charge in [0.2, 0.25) is 0 Å². The fourth-order valence-electron chi connectivity index (χ4n) is 6.73. The van der Waals surface area contributed by atoms with Gasteiger partial charge in [0, 0.05) is 19.5 Å². The number of rotatable bonds is 43. The van der Waals surface area contributed by atoms with E-state index in [4.69, 9.17) is 9.47 Å². The van der Waals surface area contributed by atoms with E-state index in [1.165, 1.54) is 167 Å². The Kier molecular flexibility index (Phi) is 43.2. The molecule has 0 spiro atoms. The van der Waals surface area contributed by atoms with Gasteiger partial charge in [-0.05, 0) is 90.4 Å². The van der Waals surface area contributed by atoms with Gasteiger partial charge in [0.1, 0.15) is 6.61 Å². The van der Waals surface area contributed by atoms with Crippen molar-refractivity contribution in [3.63, 3.8) is 0 Å². The van der Waals surface area contributed by atoms with E-state index in [1.54, 1.807) is 0 Å². The molecule has 0 rings (SSSR count). The molecule has 0 aliphatic carbocycles. The molecule has 0 aliphatic heterocycles. The lowest BCUT2D eigenvalue weighted by Crippen LogP contribution is -2.30. The number of aliphatic hydroxyl groups is 1. The minimum atomic E-state index is -0.0825. The summed E-state index contributed by atoms with van der Waals surface area (Å²) in [5.74, 6) is -0.0825. The number of nitrogens with zero attached hydrogens (tertiary/aromatic N) is 2. The molecule has 0 atom stereocenters. The molecule has 0 fully saturated rings. The van der Waals surface area contributed by atoms with Crippen molar-refractivity contribution in [2.75, 3.05) is 65.7 Å². The van der Waals surface area contributed by atoms with E-state index in [2.05, 4.69) is 54.9 Å². The molecule has 0 aliphatic rings. The molecule has 6 nitrogen and oxygen atoms in total. The van der Waals surface area contributed by atoms with Gasteiger partial charge >= 0.3 is 5.97 Å². The van der Waals surface area contributed by atoms with Gasteiger partial charge in [0.25, 0.3) is 0 Å². The van der Waals surface area contributed by atoms with Crippen LogP contribution in [0.15, 0.2) is 24.3 Å². The topological polar surface area (TPSA) is 62.2 Å². The number of ether oxygens (including phenoxy) is 2. The van der Waals surface area contributed by atoms with Gasteiger partial charge in [-0.3, -0.25) is 4.79 Å². The Morgan fingerprint density at radius 3 is 1.40 bits per heavy atom. The second-order valence-electron chi connectivity index (χ2n) is 15.2. The first-order valence-corrected chi connectivity index (χ1v) is 22.8. The maximum Gasteiger partial charge on any atom is 0.305 e. The summed E-state index contributed by atoms with van der Waals surface area (Å²) in [6.07, 6.45) is 43.9. The average molecular weight is 735 g/mol. The van der Waals surface area contributed by atoms with Crippen molar-refractivity contribution in [1.29, 1.82) is 0 Å². The van der Waals surface area contributed by atoms with Crippen molar-refractivity contribution in [3.8, 4) is 0 Å². The first-order chi connectivity index (χ1) is 25.7. The van der Waals surface area contributed by atoms with Crippen molar-refractivity contribution in [2.24, 2.45) is 0 Å². The van der Waals surface area contributed by atoms with Crippen molar-refractivity contribution in [1.82, 2.24) is 9.80 Å². The minimum Gasteiger partial charge on any atom is -0.463 e. The minimum absolute atomic E-state index is 0.0825. The van der Waals surface area contributed by atoms with Crippen LogP contribution in [0.3, 0.4) is 0 Å². The van der Waals surface area contributed by atoms with Crippen molar-refractivity contribution >= 4 is 5.97 Å². The van der Waals surface area contributed by atoms with Gasteiger partial charge in [-0.25, -0.2) is 0 Å². The molecule has 0 saturated heterocycles. The predicted octanol–water partition coefficient (Wildman–Crippen LogP) is 12.2. The lowest BCUT2D eigenvalue weighted by molar-refractivity contribution is -0.145. The summed E-state index contributed by atoms with van der Waals surface area (Å²) in [4.78, 5) is 17.2. The van der Waals surface area contributed by atoms with Crippen LogP contribution in [0.2, 0.25) is 0 Å². The van der Waals surface area contributed by atoms with E-state index in [0.29, 0.717) is 19.6 Å². The van der Waals surface area contributed by atoms with Gasteiger partial charge in [0.15, 0.2) is 0 Å². The number of hydrogen-bond acceptors (Lipinski definition) is 6. The number of carbonyl (C=O) groups excluding carboxylic acids is 1. The third kappa shape index (κ3) is 40.0. The highest BCUT2D eigenvalue weighted by Crippen LogP contribution is 2.12. The number of carbonyl (C=O) groups is 1. The summed E-state index contributed by atoms with van der Waals surface area (Å²) in [5, 5.41) is 9.52. The van der Waals surface area contributed by atoms with Crippen LogP contribution >= 0.6 is 0 Å². The Labute approximate surface area is 324 Å². The maximum atomic E-state index is 12.1. The molecule has 0 amide bonds. The Balaban J connectivity index is 3.67. The summed E-state index contributed by atoms with van der Waals surface area (Å²) >= 11 is 0. The van der Waals surface area contributed by atoms with Crippen LogP contribution in [0.4, 0.5) is 0 Å². The zero-order chi connectivity index (χ0) is 37.8. The summed E-state index contributed by atoms with van der Waals surface area (Å²) in [6.45, 7) is 15.0. The molecular weight excluding hydrogens is 645 g/mol. The maximum absolute atomic E-state index is 12.1. The van der Waals surface area contributed by atoms with Gasteiger partial charge in [-0.15, -0.1) is 0 Å². The fraction of sp³-hybridized carbons (Fsp3) is 0.891. The number of esters is 1. The van der Waals surface area contributed by atoms with Crippen LogP contribution in [-0.2, 0) is 14.3 Å². The Morgan fingerprint density at radius 1 is 0.462 bits per heavy atom. The second kappa shape index (κ2) is 44.2. The molecule has 0 bridgehead atoms. The Hall–Kier alpha value is -1.21. The largest absolute Gasteiger partial charge is 0.463 e. The van der Waals surface area contributed by atoms with Crippen LogP contribution in [-0.4, -0.2) is 86.6 Å². The summed E-state index contributed by atoms with van der Waals surface area (Å²) in [6, 6.07) is 0. The standard InChI is InChI=1S/C46H90N2O4/c1-4-7-10-13-14-15-16-17-18-19-20-21-22-25-28-33-36-47(40-42-49)37-34-29-26-23-24-27-30-35-46(50)52-45-44-51-43-41-48(38-31-11-8-5-2)39-32-12-9-6-3/h14-15,17-18,49H,4-13,16,19-45H2,1-3H3/b15-14-,18-17-. The highest BCUT2D eigenvalue weighted by atomic mass is 16.6. The number of unbranched alkanes of at least 4 members (excludes halogenated alkanes) is 21. The monoisotopic (exact) mass is 735 g/mol. The van der Waals surface area contributed by atoms with Crippen LogP contribution < -0.4 is 0 Å². The lowest BCUT2D eigenvalue weighted by atomic mass is 10.1. The van der Waals surface area contributed by atoms with E-state index in [0.717, 1.165) is 52.0 Å². The van der Waals surface area contributed by atoms with E-state index < -0.39 is 0 Å². The smallest absolute Gasteiger partial charge is 0.305 e. The van der Waals surface area contributed by atoms with Gasteiger partial charge < -0.3 is 24.4 Å². The molecule has 0 unspecified atom stereocenters. The number of hydrogen-bond donors (Lipinski definition) is 1. The molecule has 52 heavy (non-hydrogen) atoms. The van der Waals surface area contributed by atoms with Crippen molar-refractivity contribution in [3.05, 3.63) is 24.3 Å². The average Bonchev–Trinajstić information content (AvgIpc) is 3.15. The normalized spacial score (nSPS) is 12.0. The van der Waals surface area contributed by atoms with Gasteiger partial charge in [0.05, 0.1) is 19.8 Å². The lowest BCUT2D eigenvalue weighted by Gasteiger charge is -2.22. The third-order valence-electron chi connectivity index (χ3n) is 10.1. The van der Waals surface area contributed by atoms with Crippen LogP contribution in [0, 0.1) is 0 Å². The molecule has 6 heteroatoms. The summed E-state index contributed by atoms with van der Waals surface area (Å²) < 4.78 is 11.2. The quantitative estimate of drug-likeness (QED) is 0.0382. The zero-order valence-electron chi connectivity index (χ0n) is 35.2. The molecule has 0 aromatic carbocycles. The van der Waals surface area contributed by atoms with E-state index in [1.807, 2.05) is 0 Å². The Bertz CT molecular complexity index is 747. The first kappa shape index (κ1) is 50.8. The zero-order valence-corrected chi connectivity index (χ0v) is 35.2. The molecule has 308 valence electrons. The summed E-state index contributed by atoms with van der Waals surface area (Å²) in [5.41, 5.74) is 0. The SMILES string of the molecule is CCCCC/C=C\C/C=C\CCCCCCCCN(CCO)CCCCCCCCCC(=O)OCCOCCN(CCCCCC)CCCCCC. The van der Waals surface area contributed by atoms with E-state index in [9.17, 15) is 9.90 Å². The third-order valence-corrected chi connectivity index (χ3v) is 10.1. The van der Waals surface area contributed by atoms with E-state index in [-0.39, 0.29) is 12.6 Å². The van der Waals surface area contributed by atoms with E-state index >= 15 is 0 Å². The first-order valence-electron chi connectivity index (χ1n) is 22.8. The molecule has 0 heterocycles. The highest BCUT2D eigenvalue weighted by Gasteiger charge is 2.07.